The molecule has 0 saturated heterocycles. The average Bonchev–Trinajstić information content (AvgIpc) is 3.00. The minimum Gasteiger partial charge on any atom is -0.494 e. The van der Waals surface area contributed by atoms with Crippen molar-refractivity contribution < 1.29 is 32.5 Å². The fourth-order valence-electron chi connectivity index (χ4n) is 2.68. The standard InChI is InChI=1S/C20H16F3NO5S/c21-20(22,23)29-16-7-3-13(4-8-16)14(10-25)11-28-15-5-1-12(2-6-15)9-17-18(26)24-19(27)30-17/h1-8,10,14,26H,9,11H2,(H,24,27). The molecule has 0 aliphatic heterocycles. The zero-order valence-electron chi connectivity index (χ0n) is 15.3. The molecule has 158 valence electrons. The van der Waals surface area contributed by atoms with E-state index in [9.17, 15) is 27.9 Å². The summed E-state index contributed by atoms with van der Waals surface area (Å²) < 4.78 is 46.1. The first-order valence-corrected chi connectivity index (χ1v) is 9.49. The number of hydrogen-bond acceptors (Lipinski definition) is 6. The number of alkyl halides is 3. The highest BCUT2D eigenvalue weighted by atomic mass is 32.1. The van der Waals surface area contributed by atoms with Gasteiger partial charge in [0.25, 0.3) is 0 Å². The highest BCUT2D eigenvalue weighted by Gasteiger charge is 2.31. The lowest BCUT2D eigenvalue weighted by atomic mass is 10.0. The predicted molar refractivity (Wildman–Crippen MR) is 103 cm³/mol. The molecule has 1 unspecified atom stereocenters. The number of hydrogen-bond donors (Lipinski definition) is 2. The zero-order chi connectivity index (χ0) is 21.7. The van der Waals surface area contributed by atoms with E-state index in [0.717, 1.165) is 29.0 Å². The second-order valence-corrected chi connectivity index (χ2v) is 7.35. The van der Waals surface area contributed by atoms with Crippen LogP contribution in [-0.4, -0.2) is 29.3 Å². The first kappa shape index (κ1) is 21.4. The molecule has 0 bridgehead atoms. The Labute approximate surface area is 172 Å². The third-order valence-electron chi connectivity index (χ3n) is 4.12. The van der Waals surface area contributed by atoms with Crippen molar-refractivity contribution in [2.45, 2.75) is 18.7 Å². The predicted octanol–water partition coefficient (Wildman–Crippen LogP) is 3.99. The van der Waals surface area contributed by atoms with Gasteiger partial charge in [0.15, 0.2) is 0 Å². The van der Waals surface area contributed by atoms with E-state index in [2.05, 4.69) is 9.72 Å². The molecule has 3 aromatic rings. The van der Waals surface area contributed by atoms with Crippen molar-refractivity contribution in [3.05, 3.63) is 74.2 Å². The number of thiazole rings is 1. The second-order valence-electron chi connectivity index (χ2n) is 6.28. The molecule has 0 spiro atoms. The number of H-pyrrole nitrogens is 1. The summed E-state index contributed by atoms with van der Waals surface area (Å²) in [5, 5.41) is 9.63. The van der Waals surface area contributed by atoms with Crippen molar-refractivity contribution >= 4 is 17.6 Å². The summed E-state index contributed by atoms with van der Waals surface area (Å²) in [6, 6.07) is 11.9. The van der Waals surface area contributed by atoms with Crippen LogP contribution in [0.1, 0.15) is 21.9 Å². The van der Waals surface area contributed by atoms with E-state index in [4.69, 9.17) is 4.74 Å². The normalized spacial score (nSPS) is 12.4. The first-order chi connectivity index (χ1) is 14.2. The Kier molecular flexibility index (Phi) is 6.46. The Morgan fingerprint density at radius 1 is 1.07 bits per heavy atom. The number of aldehydes is 1. The smallest absolute Gasteiger partial charge is 0.494 e. The lowest BCUT2D eigenvalue weighted by Crippen LogP contribution is -2.17. The van der Waals surface area contributed by atoms with E-state index < -0.39 is 12.3 Å². The fourth-order valence-corrected chi connectivity index (χ4v) is 3.44. The van der Waals surface area contributed by atoms with Crippen molar-refractivity contribution in [1.82, 2.24) is 4.98 Å². The topological polar surface area (TPSA) is 88.6 Å². The van der Waals surface area contributed by atoms with Crippen LogP contribution in [0.25, 0.3) is 0 Å². The van der Waals surface area contributed by atoms with Gasteiger partial charge in [-0.05, 0) is 35.4 Å². The molecule has 0 saturated carbocycles. The lowest BCUT2D eigenvalue weighted by molar-refractivity contribution is -0.274. The van der Waals surface area contributed by atoms with Crippen molar-refractivity contribution in [2.24, 2.45) is 0 Å². The molecule has 3 rings (SSSR count). The number of aromatic hydroxyl groups is 1. The van der Waals surface area contributed by atoms with Gasteiger partial charge in [-0.1, -0.05) is 35.6 Å². The van der Waals surface area contributed by atoms with Crippen LogP contribution in [0.4, 0.5) is 13.2 Å². The SMILES string of the molecule is O=CC(COc1ccc(Cc2sc(=O)[nH]c2O)cc1)c1ccc(OC(F)(F)F)cc1. The number of aromatic nitrogens is 1. The molecule has 0 fully saturated rings. The molecule has 0 aliphatic carbocycles. The molecule has 2 N–H and O–H groups in total. The van der Waals surface area contributed by atoms with Gasteiger partial charge in [0.2, 0.25) is 5.88 Å². The highest BCUT2D eigenvalue weighted by molar-refractivity contribution is 7.09. The average molecular weight is 439 g/mol. The number of rotatable bonds is 8. The minimum atomic E-state index is -4.78. The highest BCUT2D eigenvalue weighted by Crippen LogP contribution is 2.26. The van der Waals surface area contributed by atoms with Crippen LogP contribution in [0.3, 0.4) is 0 Å². The van der Waals surface area contributed by atoms with Crippen LogP contribution in [0.5, 0.6) is 17.4 Å². The number of aromatic amines is 1. The van der Waals surface area contributed by atoms with Crippen LogP contribution >= 0.6 is 11.3 Å². The van der Waals surface area contributed by atoms with Crippen molar-refractivity contribution in [2.75, 3.05) is 6.61 Å². The summed E-state index contributed by atoms with van der Waals surface area (Å²) >= 11 is 0.929. The Balaban J connectivity index is 1.58. The van der Waals surface area contributed by atoms with Crippen molar-refractivity contribution in [1.29, 1.82) is 0 Å². The number of benzene rings is 2. The quantitative estimate of drug-likeness (QED) is 0.518. The van der Waals surface area contributed by atoms with Gasteiger partial charge in [-0.25, -0.2) is 0 Å². The van der Waals surface area contributed by atoms with Gasteiger partial charge >= 0.3 is 11.2 Å². The van der Waals surface area contributed by atoms with Crippen molar-refractivity contribution in [3.8, 4) is 17.4 Å². The maximum Gasteiger partial charge on any atom is 0.573 e. The van der Waals surface area contributed by atoms with Gasteiger partial charge in [0.1, 0.15) is 24.4 Å². The molecule has 0 aliphatic rings. The molecule has 1 aromatic heterocycles. The molecule has 2 aromatic carbocycles. The molecule has 10 heteroatoms. The van der Waals surface area contributed by atoms with E-state index >= 15 is 0 Å². The van der Waals surface area contributed by atoms with Gasteiger partial charge in [0, 0.05) is 6.42 Å². The van der Waals surface area contributed by atoms with E-state index in [1.165, 1.54) is 12.1 Å². The number of carbonyl (C=O) groups is 1. The molecular weight excluding hydrogens is 423 g/mol. The second kappa shape index (κ2) is 9.04. The number of ether oxygens (including phenoxy) is 2. The monoisotopic (exact) mass is 439 g/mol. The van der Waals surface area contributed by atoms with Gasteiger partial charge < -0.3 is 19.4 Å². The van der Waals surface area contributed by atoms with Gasteiger partial charge in [0.05, 0.1) is 10.8 Å². The van der Waals surface area contributed by atoms with E-state index in [1.54, 1.807) is 24.3 Å². The van der Waals surface area contributed by atoms with E-state index in [-0.39, 0.29) is 23.1 Å². The molecule has 1 heterocycles. The van der Waals surface area contributed by atoms with E-state index in [1.807, 2.05) is 0 Å². The molecule has 6 nitrogen and oxygen atoms in total. The van der Waals surface area contributed by atoms with Crippen molar-refractivity contribution in [3.63, 3.8) is 0 Å². The molecular formula is C20H16F3NO5S. The largest absolute Gasteiger partial charge is 0.573 e. The molecule has 0 radical (unpaired) electrons. The maximum absolute atomic E-state index is 12.2. The van der Waals surface area contributed by atoms with Crippen LogP contribution in [0.2, 0.25) is 0 Å². The van der Waals surface area contributed by atoms with Crippen LogP contribution < -0.4 is 14.3 Å². The van der Waals surface area contributed by atoms with E-state index in [0.29, 0.717) is 28.9 Å². The van der Waals surface area contributed by atoms with Gasteiger partial charge in [-0.3, -0.25) is 9.78 Å². The minimum absolute atomic E-state index is 0.00252. The maximum atomic E-state index is 12.2. The Morgan fingerprint density at radius 2 is 1.70 bits per heavy atom. The fraction of sp³-hybridized carbons (Fsp3) is 0.200. The van der Waals surface area contributed by atoms with Gasteiger partial charge in [-0.15, -0.1) is 13.2 Å². The number of halogens is 3. The van der Waals surface area contributed by atoms with Crippen LogP contribution in [-0.2, 0) is 11.2 Å². The Morgan fingerprint density at radius 3 is 2.23 bits per heavy atom. The Bertz CT molecular complexity index is 1040. The summed E-state index contributed by atoms with van der Waals surface area (Å²) in [5.74, 6) is -0.690. The molecule has 1 atom stereocenters. The van der Waals surface area contributed by atoms with Crippen LogP contribution in [0.15, 0.2) is 53.3 Å². The Hall–Kier alpha value is -3.27. The summed E-state index contributed by atoms with van der Waals surface area (Å²) in [6.07, 6.45) is -3.75. The summed E-state index contributed by atoms with van der Waals surface area (Å²) in [4.78, 5) is 25.1. The summed E-state index contributed by atoms with van der Waals surface area (Å²) in [7, 11) is 0. The number of carbonyl (C=O) groups excluding carboxylic acids is 1. The number of nitrogens with one attached hydrogen (secondary N) is 1. The van der Waals surface area contributed by atoms with Gasteiger partial charge in [-0.2, -0.15) is 0 Å². The zero-order valence-corrected chi connectivity index (χ0v) is 16.1. The summed E-state index contributed by atoms with van der Waals surface area (Å²) in [6.45, 7) is 0.00252. The first-order valence-electron chi connectivity index (χ1n) is 8.67. The third-order valence-corrected chi connectivity index (χ3v) is 5.00. The summed E-state index contributed by atoms with van der Waals surface area (Å²) in [5.41, 5.74) is 1.34. The third kappa shape index (κ3) is 5.86. The van der Waals surface area contributed by atoms with Crippen LogP contribution in [0, 0.1) is 0 Å². The molecule has 30 heavy (non-hydrogen) atoms. The lowest BCUT2D eigenvalue weighted by Gasteiger charge is -2.14. The molecule has 0 amide bonds.